The van der Waals surface area contributed by atoms with E-state index in [-0.39, 0.29) is 5.91 Å². The molecule has 1 amide bonds. The number of hydrogen-bond acceptors (Lipinski definition) is 4. The molecule has 1 N–H and O–H groups in total. The van der Waals surface area contributed by atoms with Crippen molar-refractivity contribution < 1.29 is 9.21 Å². The van der Waals surface area contributed by atoms with Crippen LogP contribution in [0.5, 0.6) is 0 Å². The van der Waals surface area contributed by atoms with Crippen LogP contribution >= 0.6 is 0 Å². The van der Waals surface area contributed by atoms with E-state index in [0.717, 1.165) is 51.4 Å². The van der Waals surface area contributed by atoms with E-state index in [1.54, 1.807) is 12.3 Å². The lowest BCUT2D eigenvalue weighted by Gasteiger charge is -2.32. The number of likely N-dealkylation sites (tertiary alicyclic amines) is 1. The van der Waals surface area contributed by atoms with Crippen LogP contribution in [-0.2, 0) is 0 Å². The Balaban J connectivity index is 1.62. The minimum absolute atomic E-state index is 0.115. The summed E-state index contributed by atoms with van der Waals surface area (Å²) in [7, 11) is 0. The highest BCUT2D eigenvalue weighted by molar-refractivity contribution is 5.95. The van der Waals surface area contributed by atoms with Gasteiger partial charge in [-0.25, -0.2) is 0 Å². The summed E-state index contributed by atoms with van der Waals surface area (Å²) in [6, 6.07) is 2.30. The highest BCUT2D eigenvalue weighted by atomic mass is 16.3. The van der Waals surface area contributed by atoms with Gasteiger partial charge in [0.25, 0.3) is 5.91 Å². The summed E-state index contributed by atoms with van der Waals surface area (Å²) in [5.41, 5.74) is 0.709. The SMILES string of the molecule is Cc1occc1C(=O)N1CCC(N2CCNCC2)C1. The van der Waals surface area contributed by atoms with Crippen LogP contribution in [0.4, 0.5) is 0 Å². The molecule has 104 valence electrons. The van der Waals surface area contributed by atoms with Crippen molar-refractivity contribution in [2.75, 3.05) is 39.3 Å². The lowest BCUT2D eigenvalue weighted by atomic mass is 10.2. The van der Waals surface area contributed by atoms with E-state index < -0.39 is 0 Å². The first-order valence-electron chi connectivity index (χ1n) is 7.04. The van der Waals surface area contributed by atoms with Gasteiger partial charge >= 0.3 is 0 Å². The van der Waals surface area contributed by atoms with Crippen LogP contribution < -0.4 is 5.32 Å². The summed E-state index contributed by atoms with van der Waals surface area (Å²) in [5.74, 6) is 0.833. The van der Waals surface area contributed by atoms with Crippen LogP contribution in [0.2, 0.25) is 0 Å². The Morgan fingerprint density at radius 1 is 1.37 bits per heavy atom. The maximum absolute atomic E-state index is 12.4. The smallest absolute Gasteiger partial charge is 0.257 e. The molecule has 1 aromatic rings. The molecule has 2 fully saturated rings. The van der Waals surface area contributed by atoms with Gasteiger partial charge in [-0.05, 0) is 19.4 Å². The van der Waals surface area contributed by atoms with Gasteiger partial charge in [0, 0.05) is 45.3 Å². The summed E-state index contributed by atoms with van der Waals surface area (Å²) in [6.07, 6.45) is 2.68. The van der Waals surface area contributed by atoms with E-state index in [4.69, 9.17) is 4.42 Å². The number of piperazine rings is 1. The molecule has 0 aliphatic carbocycles. The van der Waals surface area contributed by atoms with E-state index in [2.05, 4.69) is 10.2 Å². The molecule has 19 heavy (non-hydrogen) atoms. The van der Waals surface area contributed by atoms with Gasteiger partial charge in [-0.2, -0.15) is 0 Å². The van der Waals surface area contributed by atoms with Crippen molar-refractivity contribution in [3.05, 3.63) is 23.7 Å². The molecule has 0 saturated carbocycles. The molecule has 0 radical (unpaired) electrons. The van der Waals surface area contributed by atoms with E-state index in [0.29, 0.717) is 11.6 Å². The summed E-state index contributed by atoms with van der Waals surface area (Å²) >= 11 is 0. The average Bonchev–Trinajstić information content (AvgIpc) is 3.08. The molecule has 0 aromatic carbocycles. The third-order valence-electron chi connectivity index (χ3n) is 4.21. The lowest BCUT2D eigenvalue weighted by molar-refractivity contribution is 0.0771. The van der Waals surface area contributed by atoms with Gasteiger partial charge in [0.15, 0.2) is 0 Å². The topological polar surface area (TPSA) is 48.7 Å². The second-order valence-electron chi connectivity index (χ2n) is 5.37. The third kappa shape index (κ3) is 2.53. The van der Waals surface area contributed by atoms with Crippen LogP contribution in [0.1, 0.15) is 22.5 Å². The Kier molecular flexibility index (Phi) is 3.57. The number of hydrogen-bond donors (Lipinski definition) is 1. The molecule has 1 unspecified atom stereocenters. The van der Waals surface area contributed by atoms with Crippen molar-refractivity contribution in [1.29, 1.82) is 0 Å². The Morgan fingerprint density at radius 3 is 2.84 bits per heavy atom. The minimum atomic E-state index is 0.115. The number of furan rings is 1. The molecule has 2 saturated heterocycles. The normalized spacial score (nSPS) is 24.9. The molecule has 1 atom stereocenters. The van der Waals surface area contributed by atoms with Crippen molar-refractivity contribution in [2.45, 2.75) is 19.4 Å². The molecule has 2 aliphatic rings. The first kappa shape index (κ1) is 12.7. The number of amides is 1. The largest absolute Gasteiger partial charge is 0.469 e. The van der Waals surface area contributed by atoms with Crippen LogP contribution in [0.3, 0.4) is 0 Å². The monoisotopic (exact) mass is 263 g/mol. The number of carbonyl (C=O) groups excluding carboxylic acids is 1. The van der Waals surface area contributed by atoms with Crippen molar-refractivity contribution in [1.82, 2.24) is 15.1 Å². The second-order valence-corrected chi connectivity index (χ2v) is 5.37. The summed E-state index contributed by atoms with van der Waals surface area (Å²) in [6.45, 7) is 7.87. The maximum atomic E-state index is 12.4. The average molecular weight is 263 g/mol. The molecule has 5 nitrogen and oxygen atoms in total. The third-order valence-corrected chi connectivity index (χ3v) is 4.21. The molecule has 5 heteroatoms. The van der Waals surface area contributed by atoms with Gasteiger partial charge in [-0.15, -0.1) is 0 Å². The van der Waals surface area contributed by atoms with Crippen molar-refractivity contribution in [3.8, 4) is 0 Å². The number of aryl methyl sites for hydroxylation is 1. The van der Waals surface area contributed by atoms with Crippen molar-refractivity contribution in [2.24, 2.45) is 0 Å². The number of nitrogens with one attached hydrogen (secondary N) is 1. The zero-order chi connectivity index (χ0) is 13.2. The highest BCUT2D eigenvalue weighted by Gasteiger charge is 2.32. The lowest BCUT2D eigenvalue weighted by Crippen LogP contribution is -2.49. The van der Waals surface area contributed by atoms with E-state index >= 15 is 0 Å². The fourth-order valence-corrected chi connectivity index (χ4v) is 3.05. The molecular formula is C14H21N3O2. The Morgan fingerprint density at radius 2 is 2.16 bits per heavy atom. The molecule has 2 aliphatic heterocycles. The number of rotatable bonds is 2. The zero-order valence-electron chi connectivity index (χ0n) is 11.4. The molecule has 3 heterocycles. The van der Waals surface area contributed by atoms with E-state index in [1.807, 2.05) is 11.8 Å². The Labute approximate surface area is 113 Å². The summed E-state index contributed by atoms with van der Waals surface area (Å²) in [5, 5.41) is 3.37. The standard InChI is InChI=1S/C14H21N3O2/c1-11-13(3-9-19-11)14(18)17-6-2-12(10-17)16-7-4-15-5-8-16/h3,9,12,15H,2,4-8,10H2,1H3. The van der Waals surface area contributed by atoms with Crippen molar-refractivity contribution >= 4 is 5.91 Å². The van der Waals surface area contributed by atoms with Crippen LogP contribution in [0.15, 0.2) is 16.7 Å². The molecular weight excluding hydrogens is 242 g/mol. The minimum Gasteiger partial charge on any atom is -0.469 e. The molecule has 1 aromatic heterocycles. The first-order valence-corrected chi connectivity index (χ1v) is 7.04. The van der Waals surface area contributed by atoms with Crippen LogP contribution in [0.25, 0.3) is 0 Å². The van der Waals surface area contributed by atoms with Gasteiger partial charge in [0.2, 0.25) is 0 Å². The fraction of sp³-hybridized carbons (Fsp3) is 0.643. The number of nitrogens with zero attached hydrogens (tertiary/aromatic N) is 2. The first-order chi connectivity index (χ1) is 9.25. The second kappa shape index (κ2) is 5.35. The zero-order valence-corrected chi connectivity index (χ0v) is 11.4. The maximum Gasteiger partial charge on any atom is 0.257 e. The summed E-state index contributed by atoms with van der Waals surface area (Å²) in [4.78, 5) is 16.9. The highest BCUT2D eigenvalue weighted by Crippen LogP contribution is 2.20. The Hall–Kier alpha value is -1.33. The van der Waals surface area contributed by atoms with Gasteiger partial charge in [-0.1, -0.05) is 0 Å². The Bertz CT molecular complexity index is 451. The summed E-state index contributed by atoms with van der Waals surface area (Å²) < 4.78 is 5.22. The van der Waals surface area contributed by atoms with Crippen molar-refractivity contribution in [3.63, 3.8) is 0 Å². The van der Waals surface area contributed by atoms with Gasteiger partial charge in [0.05, 0.1) is 11.8 Å². The predicted molar refractivity (Wildman–Crippen MR) is 72.2 cm³/mol. The van der Waals surface area contributed by atoms with E-state index in [9.17, 15) is 4.79 Å². The molecule has 0 spiro atoms. The molecule has 3 rings (SSSR count). The number of carbonyl (C=O) groups is 1. The molecule has 0 bridgehead atoms. The fourth-order valence-electron chi connectivity index (χ4n) is 3.05. The van der Waals surface area contributed by atoms with Gasteiger partial charge in [0.1, 0.15) is 5.76 Å². The van der Waals surface area contributed by atoms with Crippen LogP contribution in [0, 0.1) is 6.92 Å². The quantitative estimate of drug-likeness (QED) is 0.853. The predicted octanol–water partition coefficient (Wildman–Crippen LogP) is 0.708. The van der Waals surface area contributed by atoms with Gasteiger partial charge in [-0.3, -0.25) is 9.69 Å². The van der Waals surface area contributed by atoms with Gasteiger partial charge < -0.3 is 14.6 Å². The van der Waals surface area contributed by atoms with E-state index in [1.165, 1.54) is 0 Å². The van der Waals surface area contributed by atoms with Crippen LogP contribution in [-0.4, -0.2) is 61.0 Å².